The number of rotatable bonds is 8. The van der Waals surface area contributed by atoms with Crippen molar-refractivity contribution in [1.29, 1.82) is 0 Å². The van der Waals surface area contributed by atoms with Crippen molar-refractivity contribution in [1.82, 2.24) is 10.2 Å². The predicted molar refractivity (Wildman–Crippen MR) is 88.2 cm³/mol. The molecule has 0 radical (unpaired) electrons. The number of nitrogens with two attached hydrogens (primary N) is 1. The van der Waals surface area contributed by atoms with Gasteiger partial charge < -0.3 is 16.0 Å². The number of likely N-dealkylation sites (N-methyl/N-ethyl adjacent to an activating group) is 2. The molecular formula is C17H27N3O2. The quantitative estimate of drug-likeness (QED) is 0.757. The second-order valence-electron chi connectivity index (χ2n) is 6.03. The number of benzene rings is 1. The van der Waals surface area contributed by atoms with Gasteiger partial charge in [0.25, 0.3) is 0 Å². The molecule has 0 saturated heterocycles. The Hall–Kier alpha value is -1.88. The first-order valence-electron chi connectivity index (χ1n) is 7.64. The molecule has 0 saturated carbocycles. The molecule has 0 aliphatic rings. The van der Waals surface area contributed by atoms with E-state index in [1.54, 1.807) is 14.1 Å². The molecule has 122 valence electrons. The van der Waals surface area contributed by atoms with Gasteiger partial charge in [-0.15, -0.1) is 0 Å². The molecule has 0 spiro atoms. The standard InChI is InChI=1S/C17H27N3O2/c1-12(2)10-14(19-3)17(22)20(4)15(16(18)21)11-13-8-6-5-7-9-13/h5-9,12,14-15,19H,10-11H2,1-4H3,(H2,18,21)/t14-,15-/m0/s1. The van der Waals surface area contributed by atoms with E-state index < -0.39 is 11.9 Å². The lowest BCUT2D eigenvalue weighted by Gasteiger charge is -2.30. The highest BCUT2D eigenvalue weighted by Gasteiger charge is 2.29. The highest BCUT2D eigenvalue weighted by Crippen LogP contribution is 2.12. The molecule has 2 atom stereocenters. The van der Waals surface area contributed by atoms with Gasteiger partial charge in [-0.1, -0.05) is 44.2 Å². The van der Waals surface area contributed by atoms with Crippen molar-refractivity contribution in [3.63, 3.8) is 0 Å². The minimum absolute atomic E-state index is 0.101. The average molecular weight is 305 g/mol. The topological polar surface area (TPSA) is 75.4 Å². The van der Waals surface area contributed by atoms with E-state index in [0.717, 1.165) is 12.0 Å². The van der Waals surface area contributed by atoms with Crippen LogP contribution in [0.4, 0.5) is 0 Å². The molecule has 1 aromatic rings. The van der Waals surface area contributed by atoms with Crippen LogP contribution in [0, 0.1) is 5.92 Å². The van der Waals surface area contributed by atoms with Crippen LogP contribution >= 0.6 is 0 Å². The number of carbonyl (C=O) groups is 2. The minimum Gasteiger partial charge on any atom is -0.368 e. The molecule has 0 aliphatic carbocycles. The van der Waals surface area contributed by atoms with Gasteiger partial charge >= 0.3 is 0 Å². The molecule has 0 heterocycles. The van der Waals surface area contributed by atoms with Gasteiger partial charge in [-0.3, -0.25) is 9.59 Å². The fourth-order valence-electron chi connectivity index (χ4n) is 2.48. The molecule has 0 unspecified atom stereocenters. The summed E-state index contributed by atoms with van der Waals surface area (Å²) < 4.78 is 0. The Bertz CT molecular complexity index is 488. The number of carbonyl (C=O) groups excluding carboxylic acids is 2. The van der Waals surface area contributed by atoms with Crippen molar-refractivity contribution >= 4 is 11.8 Å². The van der Waals surface area contributed by atoms with Crippen LogP contribution in [0.25, 0.3) is 0 Å². The summed E-state index contributed by atoms with van der Waals surface area (Å²) in [4.78, 5) is 25.9. The summed E-state index contributed by atoms with van der Waals surface area (Å²) in [5.41, 5.74) is 6.50. The van der Waals surface area contributed by atoms with E-state index in [9.17, 15) is 9.59 Å². The van der Waals surface area contributed by atoms with Crippen molar-refractivity contribution in [3.05, 3.63) is 35.9 Å². The van der Waals surface area contributed by atoms with Crippen LogP contribution in [-0.2, 0) is 16.0 Å². The zero-order chi connectivity index (χ0) is 16.7. The third-order valence-electron chi connectivity index (χ3n) is 3.77. The number of nitrogens with one attached hydrogen (secondary N) is 1. The Morgan fingerprint density at radius 3 is 2.27 bits per heavy atom. The maximum absolute atomic E-state index is 12.6. The van der Waals surface area contributed by atoms with Gasteiger partial charge in [0.2, 0.25) is 11.8 Å². The molecule has 1 rings (SSSR count). The number of hydrogen-bond acceptors (Lipinski definition) is 3. The molecule has 3 N–H and O–H groups in total. The molecule has 5 heteroatoms. The smallest absolute Gasteiger partial charge is 0.240 e. The first-order chi connectivity index (χ1) is 10.4. The minimum atomic E-state index is -0.641. The van der Waals surface area contributed by atoms with Crippen LogP contribution in [-0.4, -0.2) is 42.9 Å². The first-order valence-corrected chi connectivity index (χ1v) is 7.64. The fourth-order valence-corrected chi connectivity index (χ4v) is 2.48. The maximum Gasteiger partial charge on any atom is 0.240 e. The van der Waals surface area contributed by atoms with E-state index in [1.807, 2.05) is 30.3 Å². The third-order valence-corrected chi connectivity index (χ3v) is 3.77. The molecule has 0 fully saturated rings. The number of nitrogens with zero attached hydrogens (tertiary/aromatic N) is 1. The molecule has 5 nitrogen and oxygen atoms in total. The summed E-state index contributed by atoms with van der Waals surface area (Å²) in [6, 6.07) is 8.64. The van der Waals surface area contributed by atoms with Crippen LogP contribution in [0.3, 0.4) is 0 Å². The van der Waals surface area contributed by atoms with Crippen LogP contribution in [0.2, 0.25) is 0 Å². The normalized spacial score (nSPS) is 13.7. The summed E-state index contributed by atoms with van der Waals surface area (Å²) in [6.45, 7) is 4.13. The van der Waals surface area contributed by atoms with Gasteiger partial charge in [0.15, 0.2) is 0 Å². The Labute approximate surface area is 132 Å². The van der Waals surface area contributed by atoms with Gasteiger partial charge in [-0.2, -0.15) is 0 Å². The Kier molecular flexibility index (Phi) is 7.05. The van der Waals surface area contributed by atoms with E-state index >= 15 is 0 Å². The lowest BCUT2D eigenvalue weighted by Crippen LogP contribution is -2.53. The lowest BCUT2D eigenvalue weighted by atomic mass is 10.00. The molecular weight excluding hydrogens is 278 g/mol. The van der Waals surface area contributed by atoms with Crippen LogP contribution in [0.1, 0.15) is 25.8 Å². The number of hydrogen-bond donors (Lipinski definition) is 2. The zero-order valence-electron chi connectivity index (χ0n) is 13.9. The molecule has 0 aliphatic heterocycles. The van der Waals surface area contributed by atoms with Crippen molar-refractivity contribution in [2.45, 2.75) is 38.8 Å². The first kappa shape index (κ1) is 18.2. The number of amides is 2. The van der Waals surface area contributed by atoms with E-state index in [1.165, 1.54) is 4.90 Å². The van der Waals surface area contributed by atoms with Crippen LogP contribution in [0.5, 0.6) is 0 Å². The second kappa shape index (κ2) is 8.54. The van der Waals surface area contributed by atoms with Crippen LogP contribution in [0.15, 0.2) is 30.3 Å². The number of primary amides is 1. The highest BCUT2D eigenvalue weighted by atomic mass is 16.2. The summed E-state index contributed by atoms with van der Waals surface area (Å²) in [7, 11) is 3.40. The van der Waals surface area contributed by atoms with Gasteiger partial charge in [-0.25, -0.2) is 0 Å². The van der Waals surface area contributed by atoms with Gasteiger partial charge in [0.05, 0.1) is 6.04 Å². The predicted octanol–water partition coefficient (Wildman–Crippen LogP) is 1.18. The molecule has 2 amide bonds. The summed E-state index contributed by atoms with van der Waals surface area (Å²) in [6.07, 6.45) is 1.15. The lowest BCUT2D eigenvalue weighted by molar-refractivity contribution is -0.139. The monoisotopic (exact) mass is 305 g/mol. The average Bonchev–Trinajstić information content (AvgIpc) is 2.49. The summed E-state index contributed by atoms with van der Waals surface area (Å²) in [5, 5.41) is 3.03. The zero-order valence-corrected chi connectivity index (χ0v) is 13.9. The largest absolute Gasteiger partial charge is 0.368 e. The second-order valence-corrected chi connectivity index (χ2v) is 6.03. The van der Waals surface area contributed by atoms with E-state index in [0.29, 0.717) is 12.3 Å². The van der Waals surface area contributed by atoms with Gasteiger partial charge in [0.1, 0.15) is 6.04 Å². The molecule has 1 aromatic carbocycles. The summed E-state index contributed by atoms with van der Waals surface area (Å²) >= 11 is 0. The fraction of sp³-hybridized carbons (Fsp3) is 0.529. The summed E-state index contributed by atoms with van der Waals surface area (Å²) in [5.74, 6) is -0.203. The molecule has 0 aromatic heterocycles. The van der Waals surface area contributed by atoms with E-state index in [4.69, 9.17) is 5.73 Å². The SMILES string of the molecule is CN[C@@H](CC(C)C)C(=O)N(C)[C@@H](Cc1ccccc1)C(N)=O. The molecule has 22 heavy (non-hydrogen) atoms. The van der Waals surface area contributed by atoms with Crippen molar-refractivity contribution in [2.24, 2.45) is 11.7 Å². The Morgan fingerprint density at radius 1 is 1.23 bits per heavy atom. The van der Waals surface area contributed by atoms with Crippen molar-refractivity contribution in [3.8, 4) is 0 Å². The third kappa shape index (κ3) is 5.15. The maximum atomic E-state index is 12.6. The molecule has 0 bridgehead atoms. The Morgan fingerprint density at radius 2 is 1.82 bits per heavy atom. The van der Waals surface area contributed by atoms with Gasteiger partial charge in [-0.05, 0) is 24.9 Å². The van der Waals surface area contributed by atoms with Crippen LogP contribution < -0.4 is 11.1 Å². The highest BCUT2D eigenvalue weighted by molar-refractivity contribution is 5.89. The van der Waals surface area contributed by atoms with Gasteiger partial charge in [0, 0.05) is 13.5 Å². The van der Waals surface area contributed by atoms with E-state index in [-0.39, 0.29) is 11.9 Å². The van der Waals surface area contributed by atoms with Crippen molar-refractivity contribution in [2.75, 3.05) is 14.1 Å². The van der Waals surface area contributed by atoms with Crippen molar-refractivity contribution < 1.29 is 9.59 Å². The Balaban J connectivity index is 2.86. The van der Waals surface area contributed by atoms with E-state index in [2.05, 4.69) is 19.2 Å².